The molecule has 4 rings (SSSR count). The number of fused-ring (bicyclic) bond motifs is 1. The zero-order valence-electron chi connectivity index (χ0n) is 19.4. The van der Waals surface area contributed by atoms with Crippen molar-refractivity contribution in [2.75, 3.05) is 33.7 Å². The zero-order valence-corrected chi connectivity index (χ0v) is 19.4. The summed E-state index contributed by atoms with van der Waals surface area (Å²) in [4.78, 5) is 24.0. The molecule has 5 heteroatoms. The highest BCUT2D eigenvalue weighted by molar-refractivity contribution is 5.92. The number of likely N-dealkylation sites (N-methyl/N-ethyl adjacent to an activating group) is 1. The van der Waals surface area contributed by atoms with Crippen LogP contribution in [0.25, 0.3) is 22.2 Å². The molecule has 0 radical (unpaired) electrons. The van der Waals surface area contributed by atoms with E-state index in [4.69, 9.17) is 0 Å². The molecule has 1 aliphatic rings. The number of carbonyl (C=O) groups excluding carboxylic acids is 1. The number of aromatic nitrogens is 2. The van der Waals surface area contributed by atoms with E-state index in [0.717, 1.165) is 31.6 Å². The fraction of sp³-hybridized carbons (Fsp3) is 0.462. The van der Waals surface area contributed by atoms with E-state index in [1.807, 2.05) is 27.2 Å². The number of piperidine rings is 1. The number of amides is 1. The molecule has 3 heterocycles. The van der Waals surface area contributed by atoms with Crippen LogP contribution in [0.15, 0.2) is 36.5 Å². The Morgan fingerprint density at radius 1 is 1.19 bits per heavy atom. The lowest BCUT2D eigenvalue weighted by Crippen LogP contribution is -2.40. The van der Waals surface area contributed by atoms with Crippen LogP contribution in [0.3, 0.4) is 0 Å². The first kappa shape index (κ1) is 21.6. The molecule has 0 saturated carbocycles. The van der Waals surface area contributed by atoms with E-state index in [9.17, 15) is 4.79 Å². The van der Waals surface area contributed by atoms with Gasteiger partial charge in [0.25, 0.3) is 0 Å². The van der Waals surface area contributed by atoms with Crippen molar-refractivity contribution in [1.29, 1.82) is 0 Å². The van der Waals surface area contributed by atoms with Crippen LogP contribution in [0.5, 0.6) is 0 Å². The van der Waals surface area contributed by atoms with Gasteiger partial charge in [0.15, 0.2) is 0 Å². The molecule has 0 bridgehead atoms. The topological polar surface area (TPSA) is 52.2 Å². The minimum atomic E-state index is 0.188. The Bertz CT molecular complexity index is 1070. The molecular formula is C26H34N4O. The van der Waals surface area contributed by atoms with Crippen molar-refractivity contribution in [3.05, 3.63) is 53.3 Å². The average molecular weight is 419 g/mol. The van der Waals surface area contributed by atoms with E-state index in [2.05, 4.69) is 59.0 Å². The number of rotatable bonds is 5. The van der Waals surface area contributed by atoms with Crippen molar-refractivity contribution >= 4 is 16.8 Å². The molecular weight excluding hydrogens is 384 g/mol. The van der Waals surface area contributed by atoms with Crippen LogP contribution in [-0.4, -0.2) is 59.4 Å². The van der Waals surface area contributed by atoms with Crippen LogP contribution in [0.4, 0.5) is 0 Å². The highest BCUT2D eigenvalue weighted by Gasteiger charge is 2.24. The smallest absolute Gasteiger partial charge is 0.236 e. The van der Waals surface area contributed by atoms with Gasteiger partial charge in [0, 0.05) is 42.5 Å². The van der Waals surface area contributed by atoms with Crippen molar-refractivity contribution in [3.63, 3.8) is 0 Å². The minimum Gasteiger partial charge on any atom is -0.354 e. The minimum absolute atomic E-state index is 0.188. The number of likely N-dealkylation sites (tertiary alicyclic amines) is 1. The van der Waals surface area contributed by atoms with Gasteiger partial charge in [-0.2, -0.15) is 0 Å². The molecule has 3 aromatic rings. The third-order valence-electron chi connectivity index (χ3n) is 6.54. The van der Waals surface area contributed by atoms with Crippen molar-refractivity contribution in [2.24, 2.45) is 0 Å². The number of nitrogens with one attached hydrogen (secondary N) is 1. The molecule has 31 heavy (non-hydrogen) atoms. The van der Waals surface area contributed by atoms with Gasteiger partial charge in [-0.05, 0) is 80.1 Å². The number of hydrogen-bond acceptors (Lipinski definition) is 3. The average Bonchev–Trinajstić information content (AvgIpc) is 3.13. The zero-order chi connectivity index (χ0) is 22.1. The van der Waals surface area contributed by atoms with Gasteiger partial charge < -0.3 is 9.88 Å². The molecule has 0 spiro atoms. The first-order valence-electron chi connectivity index (χ1n) is 11.3. The lowest BCUT2D eigenvalue weighted by Gasteiger charge is -2.32. The highest BCUT2D eigenvalue weighted by Crippen LogP contribution is 2.38. The first-order valence-corrected chi connectivity index (χ1v) is 11.3. The Morgan fingerprint density at radius 3 is 2.58 bits per heavy atom. The van der Waals surface area contributed by atoms with E-state index in [-0.39, 0.29) is 5.91 Å². The van der Waals surface area contributed by atoms with Crippen LogP contribution in [0, 0.1) is 6.92 Å². The van der Waals surface area contributed by atoms with Crippen LogP contribution in [0.2, 0.25) is 0 Å². The van der Waals surface area contributed by atoms with E-state index in [0.29, 0.717) is 18.4 Å². The summed E-state index contributed by atoms with van der Waals surface area (Å²) < 4.78 is 0. The monoisotopic (exact) mass is 418 g/mol. The quantitative estimate of drug-likeness (QED) is 0.639. The Kier molecular flexibility index (Phi) is 6.15. The van der Waals surface area contributed by atoms with Gasteiger partial charge in [0.1, 0.15) is 0 Å². The summed E-state index contributed by atoms with van der Waals surface area (Å²) in [6, 6.07) is 11.2. The van der Waals surface area contributed by atoms with E-state index >= 15 is 0 Å². The molecule has 164 valence electrons. The number of hydrogen-bond donors (Lipinski definition) is 1. The maximum atomic E-state index is 12.0. The number of benzene rings is 1. The molecule has 1 N–H and O–H groups in total. The van der Waals surface area contributed by atoms with E-state index < -0.39 is 0 Å². The van der Waals surface area contributed by atoms with Crippen molar-refractivity contribution in [2.45, 2.75) is 45.4 Å². The summed E-state index contributed by atoms with van der Waals surface area (Å²) in [6.45, 7) is 9.07. The van der Waals surface area contributed by atoms with Crippen LogP contribution >= 0.6 is 0 Å². The number of aryl methyl sites for hydroxylation is 1. The molecule has 1 amide bonds. The van der Waals surface area contributed by atoms with E-state index in [1.165, 1.54) is 33.3 Å². The van der Waals surface area contributed by atoms with Crippen LogP contribution < -0.4 is 0 Å². The summed E-state index contributed by atoms with van der Waals surface area (Å²) in [6.07, 6.45) is 4.09. The third kappa shape index (κ3) is 4.52. The standard InChI is InChI=1S/C26H34N4O/c1-17(2)25-22-15-20(19-9-12-30(13-10-19)16-24(31)29(4)5)6-7-23(22)28-26(25)21-8-11-27-18(3)14-21/h6-8,11,14-15,17,19,28H,9-10,12-13,16H2,1-5H3. The molecule has 1 aromatic carbocycles. The predicted molar refractivity (Wildman–Crippen MR) is 127 cm³/mol. The van der Waals surface area contributed by atoms with Crippen molar-refractivity contribution in [3.8, 4) is 11.3 Å². The second-order valence-corrected chi connectivity index (χ2v) is 9.40. The maximum absolute atomic E-state index is 12.0. The Balaban J connectivity index is 1.60. The van der Waals surface area contributed by atoms with Gasteiger partial charge in [0.2, 0.25) is 5.91 Å². The summed E-state index contributed by atoms with van der Waals surface area (Å²) in [5, 5.41) is 1.34. The lowest BCUT2D eigenvalue weighted by molar-refractivity contribution is -0.130. The fourth-order valence-electron chi connectivity index (χ4n) is 4.77. The molecule has 0 atom stereocenters. The third-order valence-corrected chi connectivity index (χ3v) is 6.54. The van der Waals surface area contributed by atoms with Gasteiger partial charge in [-0.25, -0.2) is 0 Å². The molecule has 1 saturated heterocycles. The van der Waals surface area contributed by atoms with Gasteiger partial charge in [0.05, 0.1) is 12.2 Å². The molecule has 1 fully saturated rings. The molecule has 2 aromatic heterocycles. The highest BCUT2D eigenvalue weighted by atomic mass is 16.2. The van der Waals surface area contributed by atoms with Gasteiger partial charge in [-0.1, -0.05) is 19.9 Å². The predicted octanol–water partition coefficient (Wildman–Crippen LogP) is 4.93. The summed E-state index contributed by atoms with van der Waals surface area (Å²) in [5.41, 5.74) is 7.45. The number of pyridine rings is 1. The van der Waals surface area contributed by atoms with Gasteiger partial charge in [-0.15, -0.1) is 0 Å². The summed E-state index contributed by atoms with van der Waals surface area (Å²) in [7, 11) is 3.66. The molecule has 0 aliphatic carbocycles. The molecule has 0 unspecified atom stereocenters. The summed E-state index contributed by atoms with van der Waals surface area (Å²) in [5.74, 6) is 1.16. The van der Waals surface area contributed by atoms with Crippen molar-refractivity contribution in [1.82, 2.24) is 19.8 Å². The fourth-order valence-corrected chi connectivity index (χ4v) is 4.77. The second kappa shape index (κ2) is 8.83. The SMILES string of the molecule is Cc1cc(-c2[nH]c3ccc(C4CCN(CC(=O)N(C)C)CC4)cc3c2C(C)C)ccn1. The number of aromatic amines is 1. The Labute approximate surface area is 185 Å². The Hall–Kier alpha value is -2.66. The first-order chi connectivity index (χ1) is 14.8. The number of nitrogens with zero attached hydrogens (tertiary/aromatic N) is 3. The normalized spacial score (nSPS) is 15.7. The number of carbonyl (C=O) groups is 1. The lowest BCUT2D eigenvalue weighted by atomic mass is 9.87. The number of H-pyrrole nitrogens is 1. The van der Waals surface area contributed by atoms with Gasteiger partial charge >= 0.3 is 0 Å². The maximum Gasteiger partial charge on any atom is 0.236 e. The second-order valence-electron chi connectivity index (χ2n) is 9.40. The molecule has 1 aliphatic heterocycles. The van der Waals surface area contributed by atoms with Crippen LogP contribution in [0.1, 0.15) is 55.3 Å². The van der Waals surface area contributed by atoms with Gasteiger partial charge in [-0.3, -0.25) is 14.7 Å². The van der Waals surface area contributed by atoms with E-state index in [1.54, 1.807) is 4.90 Å². The Morgan fingerprint density at radius 2 is 1.94 bits per heavy atom. The summed E-state index contributed by atoms with van der Waals surface area (Å²) >= 11 is 0. The molecule has 5 nitrogen and oxygen atoms in total. The largest absolute Gasteiger partial charge is 0.354 e. The van der Waals surface area contributed by atoms with Crippen molar-refractivity contribution < 1.29 is 4.79 Å². The van der Waals surface area contributed by atoms with Crippen LogP contribution in [-0.2, 0) is 4.79 Å².